The lowest BCUT2D eigenvalue weighted by molar-refractivity contribution is -0.121. The summed E-state index contributed by atoms with van der Waals surface area (Å²) < 4.78 is 32.3. The number of carbonyl (C=O) groups excluding carboxylic acids is 1. The van der Waals surface area contributed by atoms with E-state index in [9.17, 15) is 13.2 Å². The largest absolute Gasteiger partial charge is 0.379 e. The molecule has 1 N–H and O–H groups in total. The van der Waals surface area contributed by atoms with Crippen LogP contribution < -0.4 is 5.32 Å². The van der Waals surface area contributed by atoms with Gasteiger partial charge in [0.05, 0.1) is 24.2 Å². The van der Waals surface area contributed by atoms with Crippen molar-refractivity contribution < 1.29 is 17.9 Å². The first-order chi connectivity index (χ1) is 15.5. The van der Waals surface area contributed by atoms with Crippen molar-refractivity contribution in [3.63, 3.8) is 0 Å². The van der Waals surface area contributed by atoms with Gasteiger partial charge in [-0.25, -0.2) is 8.42 Å². The van der Waals surface area contributed by atoms with Gasteiger partial charge in [0.2, 0.25) is 15.9 Å². The van der Waals surface area contributed by atoms with Crippen LogP contribution in [0.3, 0.4) is 0 Å². The number of amides is 1. The van der Waals surface area contributed by atoms with Crippen LogP contribution >= 0.6 is 11.3 Å². The average Bonchev–Trinajstić information content (AvgIpc) is 3.54. The Kier molecular flexibility index (Phi) is 7.96. The second-order valence-corrected chi connectivity index (χ2v) is 11.2. The lowest BCUT2D eigenvalue weighted by Crippen LogP contribution is -2.43. The molecule has 2 fully saturated rings. The molecule has 2 aliphatic rings. The second kappa shape index (κ2) is 10.9. The van der Waals surface area contributed by atoms with Crippen LogP contribution in [0.1, 0.15) is 35.7 Å². The van der Waals surface area contributed by atoms with Crippen molar-refractivity contribution in [3.8, 4) is 0 Å². The first-order valence-electron chi connectivity index (χ1n) is 11.2. The van der Waals surface area contributed by atoms with Gasteiger partial charge in [-0.3, -0.25) is 9.69 Å². The van der Waals surface area contributed by atoms with Crippen molar-refractivity contribution in [2.24, 2.45) is 0 Å². The van der Waals surface area contributed by atoms with Gasteiger partial charge in [0, 0.05) is 44.0 Å². The van der Waals surface area contributed by atoms with E-state index in [2.05, 4.69) is 21.7 Å². The van der Waals surface area contributed by atoms with Crippen molar-refractivity contribution in [3.05, 3.63) is 52.2 Å². The van der Waals surface area contributed by atoms with Crippen molar-refractivity contribution in [2.75, 3.05) is 45.9 Å². The SMILES string of the molecule is O=C(CCc1ccc(S(=O)(=O)N2CCCC2)cc1)NCC(c1cccs1)N1CCOCC1. The highest BCUT2D eigenvalue weighted by Gasteiger charge is 2.27. The van der Waals surface area contributed by atoms with Crippen LogP contribution in [-0.2, 0) is 26.0 Å². The molecule has 2 aliphatic heterocycles. The van der Waals surface area contributed by atoms with Gasteiger partial charge in [0.15, 0.2) is 0 Å². The van der Waals surface area contributed by atoms with Gasteiger partial charge in [0.1, 0.15) is 0 Å². The standard InChI is InChI=1S/C23H31N3O4S2/c27-23(24-18-21(22-4-3-17-31-22)25-13-15-30-16-14-25)10-7-19-5-8-20(9-6-19)32(28,29)26-11-1-2-12-26/h3-6,8-9,17,21H,1-2,7,10-16,18H2,(H,24,27). The number of hydrogen-bond acceptors (Lipinski definition) is 6. The predicted octanol–water partition coefficient (Wildman–Crippen LogP) is 2.65. The van der Waals surface area contributed by atoms with E-state index in [-0.39, 0.29) is 11.9 Å². The molecule has 174 valence electrons. The number of hydrogen-bond donors (Lipinski definition) is 1. The number of carbonyl (C=O) groups is 1. The van der Waals surface area contributed by atoms with Gasteiger partial charge in [-0.1, -0.05) is 18.2 Å². The molecule has 2 aromatic rings. The highest BCUT2D eigenvalue weighted by atomic mass is 32.2. The van der Waals surface area contributed by atoms with Crippen LogP contribution in [0.15, 0.2) is 46.7 Å². The van der Waals surface area contributed by atoms with Crippen LogP contribution in [-0.4, -0.2) is 69.5 Å². The average molecular weight is 478 g/mol. The zero-order valence-corrected chi connectivity index (χ0v) is 19.9. The molecule has 3 heterocycles. The van der Waals surface area contributed by atoms with Gasteiger partial charge < -0.3 is 10.1 Å². The van der Waals surface area contributed by atoms with Crippen LogP contribution in [0.2, 0.25) is 0 Å². The minimum absolute atomic E-state index is 0.00794. The van der Waals surface area contributed by atoms with E-state index in [0.29, 0.717) is 37.4 Å². The lowest BCUT2D eigenvalue weighted by atomic mass is 10.1. The smallest absolute Gasteiger partial charge is 0.243 e. The highest BCUT2D eigenvalue weighted by molar-refractivity contribution is 7.89. The second-order valence-electron chi connectivity index (χ2n) is 8.24. The van der Waals surface area contributed by atoms with E-state index in [0.717, 1.165) is 44.7 Å². The summed E-state index contributed by atoms with van der Waals surface area (Å²) in [5, 5.41) is 5.16. The van der Waals surface area contributed by atoms with Gasteiger partial charge in [0.25, 0.3) is 0 Å². The number of nitrogens with one attached hydrogen (secondary N) is 1. The van der Waals surface area contributed by atoms with E-state index in [1.807, 2.05) is 18.2 Å². The summed E-state index contributed by atoms with van der Waals surface area (Å²) in [5.74, 6) is 0.00794. The van der Waals surface area contributed by atoms with Crippen LogP contribution in [0.5, 0.6) is 0 Å². The third-order valence-corrected chi connectivity index (χ3v) is 9.00. The number of rotatable bonds is 9. The van der Waals surface area contributed by atoms with E-state index in [1.54, 1.807) is 27.8 Å². The van der Waals surface area contributed by atoms with Gasteiger partial charge in [-0.2, -0.15) is 4.31 Å². The number of thiophene rings is 1. The predicted molar refractivity (Wildman–Crippen MR) is 125 cm³/mol. The van der Waals surface area contributed by atoms with Gasteiger partial charge in [-0.05, 0) is 48.4 Å². The first kappa shape index (κ1) is 23.4. The Balaban J connectivity index is 1.28. The van der Waals surface area contributed by atoms with Crippen LogP contribution in [0.4, 0.5) is 0 Å². The van der Waals surface area contributed by atoms with E-state index in [4.69, 9.17) is 4.74 Å². The fourth-order valence-corrected chi connectivity index (χ4v) is 6.62. The Hall–Kier alpha value is -1.78. The molecule has 2 saturated heterocycles. The number of ether oxygens (including phenoxy) is 1. The number of sulfonamides is 1. The molecular formula is C23H31N3O4S2. The van der Waals surface area contributed by atoms with Gasteiger partial charge >= 0.3 is 0 Å². The third-order valence-electron chi connectivity index (χ3n) is 6.12. The molecule has 0 radical (unpaired) electrons. The molecule has 4 rings (SSSR count). The maximum absolute atomic E-state index is 12.6. The lowest BCUT2D eigenvalue weighted by Gasteiger charge is -2.34. The minimum atomic E-state index is -3.40. The van der Waals surface area contributed by atoms with Crippen molar-refractivity contribution >= 4 is 27.3 Å². The summed E-state index contributed by atoms with van der Waals surface area (Å²) in [5.41, 5.74) is 0.962. The summed E-state index contributed by atoms with van der Waals surface area (Å²) >= 11 is 1.71. The fourth-order valence-electron chi connectivity index (χ4n) is 4.24. The quantitative estimate of drug-likeness (QED) is 0.601. The maximum atomic E-state index is 12.6. The molecule has 0 spiro atoms. The monoisotopic (exact) mass is 477 g/mol. The van der Waals surface area contributed by atoms with Crippen molar-refractivity contribution in [1.29, 1.82) is 0 Å². The molecule has 0 saturated carbocycles. The molecule has 1 aromatic carbocycles. The van der Waals surface area contributed by atoms with Crippen molar-refractivity contribution in [2.45, 2.75) is 36.6 Å². The molecule has 1 atom stereocenters. The Morgan fingerprint density at radius 1 is 1.06 bits per heavy atom. The Morgan fingerprint density at radius 3 is 2.44 bits per heavy atom. The molecule has 0 aliphatic carbocycles. The third kappa shape index (κ3) is 5.77. The molecule has 1 aromatic heterocycles. The Bertz CT molecular complexity index is 965. The molecule has 1 unspecified atom stereocenters. The summed E-state index contributed by atoms with van der Waals surface area (Å²) in [4.78, 5) is 16.5. The van der Waals surface area contributed by atoms with Crippen molar-refractivity contribution in [1.82, 2.24) is 14.5 Å². The van der Waals surface area contributed by atoms with E-state index < -0.39 is 10.0 Å². The number of morpholine rings is 1. The molecule has 32 heavy (non-hydrogen) atoms. The summed E-state index contributed by atoms with van der Waals surface area (Å²) in [7, 11) is -3.40. The topological polar surface area (TPSA) is 79.0 Å². The van der Waals surface area contributed by atoms with E-state index in [1.165, 1.54) is 4.88 Å². The Morgan fingerprint density at radius 2 is 1.78 bits per heavy atom. The molecule has 0 bridgehead atoms. The number of aryl methyl sites for hydroxylation is 1. The zero-order chi connectivity index (χ0) is 22.4. The minimum Gasteiger partial charge on any atom is -0.379 e. The normalized spacial score (nSPS) is 19.1. The molecule has 9 heteroatoms. The van der Waals surface area contributed by atoms with E-state index >= 15 is 0 Å². The maximum Gasteiger partial charge on any atom is 0.243 e. The Labute approximate surface area is 194 Å². The number of nitrogens with zero attached hydrogens (tertiary/aromatic N) is 2. The first-order valence-corrected chi connectivity index (χ1v) is 13.6. The molecule has 1 amide bonds. The fraction of sp³-hybridized carbons (Fsp3) is 0.522. The highest BCUT2D eigenvalue weighted by Crippen LogP contribution is 2.25. The molecule has 7 nitrogen and oxygen atoms in total. The number of benzene rings is 1. The molecular weight excluding hydrogens is 446 g/mol. The zero-order valence-electron chi connectivity index (χ0n) is 18.2. The summed E-state index contributed by atoms with van der Waals surface area (Å²) in [6.07, 6.45) is 2.80. The summed E-state index contributed by atoms with van der Waals surface area (Å²) in [6, 6.07) is 11.3. The van der Waals surface area contributed by atoms with Gasteiger partial charge in [-0.15, -0.1) is 11.3 Å². The van der Waals surface area contributed by atoms with Crippen LogP contribution in [0.25, 0.3) is 0 Å². The van der Waals surface area contributed by atoms with Crippen LogP contribution in [0, 0.1) is 0 Å². The summed E-state index contributed by atoms with van der Waals surface area (Å²) in [6.45, 7) is 4.95.